The maximum atomic E-state index is 13.3. The average molecular weight is 618 g/mol. The second-order valence-corrected chi connectivity index (χ2v) is 10.9. The fraction of sp³-hybridized carbons (Fsp3) is 0.208. The van der Waals surface area contributed by atoms with Gasteiger partial charge in [0.2, 0.25) is 11.6 Å². The van der Waals surface area contributed by atoms with Gasteiger partial charge < -0.3 is 15.2 Å². The van der Waals surface area contributed by atoms with Crippen LogP contribution in [0.4, 0.5) is 10.2 Å². The van der Waals surface area contributed by atoms with Crippen molar-refractivity contribution in [3.63, 3.8) is 0 Å². The van der Waals surface area contributed by atoms with Gasteiger partial charge >= 0.3 is 0 Å². The number of nitrogen functional groups attached to an aromatic ring is 1. The van der Waals surface area contributed by atoms with Crippen molar-refractivity contribution >= 4 is 57.4 Å². The van der Waals surface area contributed by atoms with Gasteiger partial charge in [-0.05, 0) is 46.2 Å². The largest absolute Gasteiger partial charge is 0.493 e. The number of methoxy groups -OCH3 is 1. The SMILES string of the molecule is COc1cc(/C=N/NC(=O)c2nnn(-c3nonc3N)c2CSC2=NCCS2)ccc1OCc1ccc(F)cc1Cl. The van der Waals surface area contributed by atoms with Crippen molar-refractivity contribution < 1.29 is 23.3 Å². The molecule has 1 amide bonds. The Morgan fingerprint density at radius 1 is 1.32 bits per heavy atom. The third-order valence-corrected chi connectivity index (χ3v) is 8.15. The van der Waals surface area contributed by atoms with E-state index in [0.29, 0.717) is 34.1 Å². The second kappa shape index (κ2) is 13.0. The molecule has 2 aromatic heterocycles. The van der Waals surface area contributed by atoms with Crippen molar-refractivity contribution in [3.05, 3.63) is 69.8 Å². The maximum absolute atomic E-state index is 13.3. The number of benzene rings is 2. The standard InChI is InChI=1S/C24H21ClFN9O4S2/c1-37-19-8-13(2-5-18(19)38-11-14-3-4-15(26)9-16(14)25)10-29-31-23(36)20-17(12-41-24-28-6-7-40-24)35(34-30-20)22-21(27)32-39-33-22/h2-5,8-10H,6-7,11-12H2,1H3,(H2,27,32)(H,31,36)/b29-10+. The molecule has 212 valence electrons. The fourth-order valence-corrected chi connectivity index (χ4v) is 5.77. The van der Waals surface area contributed by atoms with Crippen LogP contribution in [0.1, 0.15) is 27.3 Å². The summed E-state index contributed by atoms with van der Waals surface area (Å²) in [6.07, 6.45) is 1.43. The van der Waals surface area contributed by atoms with E-state index in [-0.39, 0.29) is 29.0 Å². The molecule has 2 aromatic carbocycles. The molecule has 17 heteroatoms. The first-order chi connectivity index (χ1) is 19.9. The van der Waals surface area contributed by atoms with E-state index in [2.05, 4.69) is 40.8 Å². The summed E-state index contributed by atoms with van der Waals surface area (Å²) in [6.45, 7) is 0.857. The molecule has 0 saturated heterocycles. The van der Waals surface area contributed by atoms with Gasteiger partial charge in [-0.25, -0.2) is 14.4 Å². The predicted molar refractivity (Wildman–Crippen MR) is 153 cm³/mol. The van der Waals surface area contributed by atoms with Gasteiger partial charge in [0.15, 0.2) is 17.2 Å². The number of aliphatic imine (C=N–C) groups is 1. The van der Waals surface area contributed by atoms with E-state index in [1.807, 2.05) is 0 Å². The number of hydrogen-bond donors (Lipinski definition) is 2. The van der Waals surface area contributed by atoms with E-state index >= 15 is 0 Å². The molecular formula is C24H21ClFN9O4S2. The van der Waals surface area contributed by atoms with Crippen molar-refractivity contribution in [2.24, 2.45) is 10.1 Å². The fourth-order valence-electron chi connectivity index (χ4n) is 3.54. The minimum absolute atomic E-state index is 0.000785. The van der Waals surface area contributed by atoms with Crippen LogP contribution in [-0.4, -0.2) is 61.2 Å². The molecule has 1 aliphatic rings. The lowest BCUT2D eigenvalue weighted by Crippen LogP contribution is -2.20. The summed E-state index contributed by atoms with van der Waals surface area (Å²) in [6, 6.07) is 9.16. The summed E-state index contributed by atoms with van der Waals surface area (Å²) in [7, 11) is 1.49. The van der Waals surface area contributed by atoms with Crippen molar-refractivity contribution in [2.75, 3.05) is 25.1 Å². The van der Waals surface area contributed by atoms with Crippen molar-refractivity contribution in [3.8, 4) is 17.3 Å². The maximum Gasteiger partial charge on any atom is 0.293 e. The monoisotopic (exact) mass is 617 g/mol. The molecular weight excluding hydrogens is 597 g/mol. The summed E-state index contributed by atoms with van der Waals surface area (Å²) in [5.41, 5.74) is 9.98. The zero-order valence-electron chi connectivity index (χ0n) is 21.3. The van der Waals surface area contributed by atoms with E-state index in [1.54, 1.807) is 36.0 Å². The quantitative estimate of drug-likeness (QED) is 0.196. The normalized spacial score (nSPS) is 13.0. The number of halogens is 2. The molecule has 0 radical (unpaired) electrons. The smallest absolute Gasteiger partial charge is 0.293 e. The van der Waals surface area contributed by atoms with Gasteiger partial charge in [0.1, 0.15) is 16.8 Å². The zero-order chi connectivity index (χ0) is 28.8. The molecule has 1 aliphatic heterocycles. The van der Waals surface area contributed by atoms with Gasteiger partial charge in [-0.1, -0.05) is 46.4 Å². The Morgan fingerprint density at radius 3 is 2.93 bits per heavy atom. The first-order valence-corrected chi connectivity index (χ1v) is 14.2. The Bertz CT molecular complexity index is 1630. The number of thioether (sulfide) groups is 2. The number of nitrogens with two attached hydrogens (primary N) is 1. The van der Waals surface area contributed by atoms with Gasteiger partial charge in [-0.2, -0.15) is 9.78 Å². The molecule has 0 aliphatic carbocycles. The first-order valence-electron chi connectivity index (χ1n) is 11.8. The van der Waals surface area contributed by atoms with E-state index in [4.69, 9.17) is 26.8 Å². The lowest BCUT2D eigenvalue weighted by molar-refractivity contribution is 0.0949. The minimum Gasteiger partial charge on any atom is -0.493 e. The predicted octanol–water partition coefficient (Wildman–Crippen LogP) is 3.71. The topological polar surface area (TPSA) is 168 Å². The van der Waals surface area contributed by atoms with Gasteiger partial charge in [0.05, 0.1) is 30.6 Å². The zero-order valence-corrected chi connectivity index (χ0v) is 23.7. The summed E-state index contributed by atoms with van der Waals surface area (Å²) in [5.74, 6) is 1.19. The molecule has 3 heterocycles. The number of hydrogen-bond acceptors (Lipinski definition) is 13. The van der Waals surface area contributed by atoms with Crippen molar-refractivity contribution in [1.29, 1.82) is 0 Å². The third kappa shape index (κ3) is 6.78. The van der Waals surface area contributed by atoms with Crippen LogP contribution < -0.4 is 20.6 Å². The number of rotatable bonds is 10. The van der Waals surface area contributed by atoms with Gasteiger partial charge in [0, 0.05) is 17.1 Å². The van der Waals surface area contributed by atoms with Crippen LogP contribution >= 0.6 is 35.1 Å². The number of carbonyl (C=O) groups is 1. The van der Waals surface area contributed by atoms with Crippen LogP contribution in [0.25, 0.3) is 5.82 Å². The summed E-state index contributed by atoms with van der Waals surface area (Å²) in [5, 5.41) is 19.7. The van der Waals surface area contributed by atoms with Crippen molar-refractivity contribution in [1.82, 2.24) is 30.7 Å². The second-order valence-electron chi connectivity index (χ2n) is 8.19. The summed E-state index contributed by atoms with van der Waals surface area (Å²) < 4.78 is 31.4. The highest BCUT2D eigenvalue weighted by Crippen LogP contribution is 2.30. The van der Waals surface area contributed by atoms with Gasteiger partial charge in [-0.3, -0.25) is 9.79 Å². The van der Waals surface area contributed by atoms with Gasteiger partial charge in [0.25, 0.3) is 5.91 Å². The molecule has 3 N–H and O–H groups in total. The number of anilines is 1. The Morgan fingerprint density at radius 2 is 2.20 bits per heavy atom. The van der Waals surface area contributed by atoms with Gasteiger partial charge in [-0.15, -0.1) is 5.10 Å². The molecule has 0 fully saturated rings. The number of nitrogens with zero attached hydrogens (tertiary/aromatic N) is 7. The van der Waals surface area contributed by atoms with Crippen molar-refractivity contribution in [2.45, 2.75) is 12.4 Å². The van der Waals surface area contributed by atoms with Crippen LogP contribution in [0.5, 0.6) is 11.5 Å². The average Bonchev–Trinajstić information content (AvgIpc) is 3.73. The highest BCUT2D eigenvalue weighted by molar-refractivity contribution is 8.38. The van der Waals surface area contributed by atoms with E-state index in [0.717, 1.165) is 16.7 Å². The molecule has 41 heavy (non-hydrogen) atoms. The van der Waals surface area contributed by atoms with Crippen LogP contribution in [0.2, 0.25) is 5.02 Å². The molecule has 5 rings (SSSR count). The molecule has 0 saturated carbocycles. The number of hydrazone groups is 1. The number of carbonyl (C=O) groups excluding carboxylic acids is 1. The van der Waals surface area contributed by atoms with Crippen LogP contribution in [-0.2, 0) is 12.4 Å². The van der Waals surface area contributed by atoms with Crippen LogP contribution in [0.3, 0.4) is 0 Å². The lowest BCUT2D eigenvalue weighted by atomic mass is 10.2. The first kappa shape index (κ1) is 28.4. The number of amides is 1. The summed E-state index contributed by atoms with van der Waals surface area (Å²) in [4.78, 5) is 17.4. The number of ether oxygens (including phenoxy) is 2. The van der Waals surface area contributed by atoms with E-state index < -0.39 is 11.7 Å². The highest BCUT2D eigenvalue weighted by atomic mass is 35.5. The van der Waals surface area contributed by atoms with Crippen LogP contribution in [0.15, 0.2) is 51.1 Å². The Kier molecular flexibility index (Phi) is 9.01. The molecule has 0 atom stereocenters. The molecule has 0 spiro atoms. The number of aromatic nitrogens is 5. The molecule has 4 aromatic rings. The molecule has 13 nitrogen and oxygen atoms in total. The Labute approximate surface area is 245 Å². The minimum atomic E-state index is -0.595. The Hall–Kier alpha value is -4.15. The molecule has 0 unspecified atom stereocenters. The summed E-state index contributed by atoms with van der Waals surface area (Å²) >= 11 is 9.15. The van der Waals surface area contributed by atoms with E-state index in [9.17, 15) is 9.18 Å². The van der Waals surface area contributed by atoms with E-state index in [1.165, 1.54) is 41.9 Å². The lowest BCUT2D eigenvalue weighted by Gasteiger charge is -2.12. The van der Waals surface area contributed by atoms with Crippen LogP contribution in [0, 0.1) is 5.82 Å². The Balaban J connectivity index is 1.27. The third-order valence-electron chi connectivity index (χ3n) is 5.53. The number of nitrogens with one attached hydrogen (secondary N) is 1. The highest BCUT2D eigenvalue weighted by Gasteiger charge is 2.25. The molecule has 0 bridgehead atoms.